The van der Waals surface area contributed by atoms with Crippen molar-refractivity contribution in [3.05, 3.63) is 23.4 Å². The standard InChI is InChI=1S/C14H21N3O3/c1-3-20-14(19)17-6-4-16(5-7-17)13-11(2)8-12(10-18)9-15-13/h8-9,18H,3-7,10H2,1-2H3. The second-order valence-electron chi connectivity index (χ2n) is 4.82. The van der Waals surface area contributed by atoms with Gasteiger partial charge in [0, 0.05) is 32.4 Å². The highest BCUT2D eigenvalue weighted by molar-refractivity contribution is 5.68. The molecule has 6 nitrogen and oxygen atoms in total. The van der Waals surface area contributed by atoms with Gasteiger partial charge in [-0.3, -0.25) is 0 Å². The molecule has 6 heteroatoms. The van der Waals surface area contributed by atoms with Crippen LogP contribution in [0.1, 0.15) is 18.1 Å². The van der Waals surface area contributed by atoms with Crippen molar-refractivity contribution in [1.29, 1.82) is 0 Å². The minimum Gasteiger partial charge on any atom is -0.450 e. The fourth-order valence-electron chi connectivity index (χ4n) is 2.36. The Bertz CT molecular complexity index is 471. The van der Waals surface area contributed by atoms with E-state index in [1.54, 1.807) is 11.1 Å². The van der Waals surface area contributed by atoms with Crippen molar-refractivity contribution in [3.8, 4) is 0 Å². The largest absolute Gasteiger partial charge is 0.450 e. The van der Waals surface area contributed by atoms with Crippen LogP contribution in [0.25, 0.3) is 0 Å². The van der Waals surface area contributed by atoms with E-state index in [2.05, 4.69) is 9.88 Å². The molecular weight excluding hydrogens is 258 g/mol. The molecule has 1 saturated heterocycles. The molecule has 0 spiro atoms. The van der Waals surface area contributed by atoms with Crippen molar-refractivity contribution in [2.45, 2.75) is 20.5 Å². The molecule has 1 aliphatic rings. The van der Waals surface area contributed by atoms with E-state index in [-0.39, 0.29) is 12.7 Å². The first-order valence-corrected chi connectivity index (χ1v) is 6.88. The van der Waals surface area contributed by atoms with Gasteiger partial charge in [0.25, 0.3) is 0 Å². The number of carbonyl (C=O) groups is 1. The maximum absolute atomic E-state index is 11.6. The van der Waals surface area contributed by atoms with Crippen molar-refractivity contribution >= 4 is 11.9 Å². The second kappa shape index (κ2) is 6.56. The van der Waals surface area contributed by atoms with E-state index in [0.717, 1.165) is 30.0 Å². The van der Waals surface area contributed by atoms with Crippen molar-refractivity contribution in [2.24, 2.45) is 0 Å². The number of aromatic nitrogens is 1. The number of aliphatic hydroxyl groups is 1. The van der Waals surface area contributed by atoms with Crippen LogP contribution in [0.15, 0.2) is 12.3 Å². The minimum absolute atomic E-state index is 0.00472. The molecule has 1 aromatic rings. The third-order valence-electron chi connectivity index (χ3n) is 3.40. The first kappa shape index (κ1) is 14.6. The molecule has 0 bridgehead atoms. The Kier molecular flexibility index (Phi) is 4.79. The van der Waals surface area contributed by atoms with Gasteiger partial charge in [-0.15, -0.1) is 0 Å². The zero-order valence-electron chi connectivity index (χ0n) is 12.0. The highest BCUT2D eigenvalue weighted by atomic mass is 16.6. The van der Waals surface area contributed by atoms with Crippen molar-refractivity contribution in [1.82, 2.24) is 9.88 Å². The summed E-state index contributed by atoms with van der Waals surface area (Å²) in [5.41, 5.74) is 1.86. The fourth-order valence-corrected chi connectivity index (χ4v) is 2.36. The lowest BCUT2D eigenvalue weighted by Crippen LogP contribution is -2.49. The second-order valence-corrected chi connectivity index (χ2v) is 4.82. The number of ether oxygens (including phenoxy) is 1. The summed E-state index contributed by atoms with van der Waals surface area (Å²) in [5, 5.41) is 9.10. The van der Waals surface area contributed by atoms with Gasteiger partial charge in [0.15, 0.2) is 0 Å². The smallest absolute Gasteiger partial charge is 0.409 e. The van der Waals surface area contributed by atoms with Crippen LogP contribution in [0.2, 0.25) is 0 Å². The van der Waals surface area contributed by atoms with Gasteiger partial charge in [-0.25, -0.2) is 9.78 Å². The number of aryl methyl sites for hydroxylation is 1. The van der Waals surface area contributed by atoms with Crippen LogP contribution in [-0.4, -0.2) is 53.9 Å². The third kappa shape index (κ3) is 3.19. The molecule has 110 valence electrons. The average Bonchev–Trinajstić information content (AvgIpc) is 2.47. The van der Waals surface area contributed by atoms with Gasteiger partial charge in [0.2, 0.25) is 0 Å². The number of aliphatic hydroxyl groups excluding tert-OH is 1. The molecular formula is C14H21N3O3. The molecule has 1 fully saturated rings. The van der Waals surface area contributed by atoms with E-state index in [0.29, 0.717) is 19.7 Å². The van der Waals surface area contributed by atoms with E-state index in [1.807, 2.05) is 19.9 Å². The molecule has 1 N–H and O–H groups in total. The number of anilines is 1. The zero-order chi connectivity index (χ0) is 14.5. The van der Waals surface area contributed by atoms with Crippen LogP contribution < -0.4 is 4.90 Å². The molecule has 1 aromatic heterocycles. The summed E-state index contributed by atoms with van der Waals surface area (Å²) in [7, 11) is 0. The van der Waals surface area contributed by atoms with E-state index >= 15 is 0 Å². The van der Waals surface area contributed by atoms with Gasteiger partial charge in [-0.2, -0.15) is 0 Å². The lowest BCUT2D eigenvalue weighted by Gasteiger charge is -2.35. The van der Waals surface area contributed by atoms with Gasteiger partial charge in [0.05, 0.1) is 13.2 Å². The Morgan fingerprint density at radius 1 is 1.40 bits per heavy atom. The number of hydrogen-bond acceptors (Lipinski definition) is 5. The summed E-state index contributed by atoms with van der Waals surface area (Å²) in [4.78, 5) is 19.9. The lowest BCUT2D eigenvalue weighted by molar-refractivity contribution is 0.105. The zero-order valence-corrected chi connectivity index (χ0v) is 12.0. The molecule has 2 heterocycles. The van der Waals surface area contributed by atoms with Gasteiger partial charge in [-0.1, -0.05) is 0 Å². The Balaban J connectivity index is 1.98. The summed E-state index contributed by atoms with van der Waals surface area (Å²) in [6, 6.07) is 1.94. The normalized spacial score (nSPS) is 15.3. The summed E-state index contributed by atoms with van der Waals surface area (Å²) in [6.07, 6.45) is 1.45. The minimum atomic E-state index is -0.243. The topological polar surface area (TPSA) is 65.9 Å². The quantitative estimate of drug-likeness (QED) is 0.899. The molecule has 0 radical (unpaired) electrons. The van der Waals surface area contributed by atoms with E-state index in [9.17, 15) is 4.79 Å². The first-order valence-electron chi connectivity index (χ1n) is 6.88. The monoisotopic (exact) mass is 279 g/mol. The van der Waals surface area contributed by atoms with E-state index < -0.39 is 0 Å². The Morgan fingerprint density at radius 2 is 2.10 bits per heavy atom. The van der Waals surface area contributed by atoms with Crippen LogP contribution in [0.5, 0.6) is 0 Å². The van der Waals surface area contributed by atoms with Crippen molar-refractivity contribution in [3.63, 3.8) is 0 Å². The molecule has 0 saturated carbocycles. The Morgan fingerprint density at radius 3 is 2.65 bits per heavy atom. The highest BCUT2D eigenvalue weighted by Gasteiger charge is 2.23. The number of amides is 1. The molecule has 20 heavy (non-hydrogen) atoms. The molecule has 0 aromatic carbocycles. The molecule has 2 rings (SSSR count). The highest BCUT2D eigenvalue weighted by Crippen LogP contribution is 2.19. The number of piperazine rings is 1. The number of pyridine rings is 1. The number of hydrogen-bond donors (Lipinski definition) is 1. The van der Waals surface area contributed by atoms with Crippen LogP contribution in [-0.2, 0) is 11.3 Å². The third-order valence-corrected chi connectivity index (χ3v) is 3.40. The van der Waals surface area contributed by atoms with Crippen LogP contribution in [0.3, 0.4) is 0 Å². The SMILES string of the molecule is CCOC(=O)N1CCN(c2ncc(CO)cc2C)CC1. The van der Waals surface area contributed by atoms with Crippen LogP contribution >= 0.6 is 0 Å². The van der Waals surface area contributed by atoms with E-state index in [4.69, 9.17) is 9.84 Å². The maximum Gasteiger partial charge on any atom is 0.409 e. The van der Waals surface area contributed by atoms with Gasteiger partial charge in [-0.05, 0) is 31.0 Å². The molecule has 0 unspecified atom stereocenters. The van der Waals surface area contributed by atoms with E-state index in [1.165, 1.54) is 0 Å². The lowest BCUT2D eigenvalue weighted by atomic mass is 10.2. The molecule has 1 aliphatic heterocycles. The van der Waals surface area contributed by atoms with Crippen molar-refractivity contribution < 1.29 is 14.6 Å². The van der Waals surface area contributed by atoms with Crippen molar-refractivity contribution in [2.75, 3.05) is 37.7 Å². The summed E-state index contributed by atoms with van der Waals surface area (Å²) in [5.74, 6) is 0.922. The maximum atomic E-state index is 11.6. The summed E-state index contributed by atoms with van der Waals surface area (Å²) >= 11 is 0. The van der Waals surface area contributed by atoms with Crippen LogP contribution in [0.4, 0.5) is 10.6 Å². The summed E-state index contributed by atoms with van der Waals surface area (Å²) < 4.78 is 5.00. The average molecular weight is 279 g/mol. The number of nitrogens with zero attached hydrogens (tertiary/aromatic N) is 3. The first-order chi connectivity index (χ1) is 9.65. The Labute approximate surface area is 119 Å². The predicted molar refractivity (Wildman–Crippen MR) is 75.7 cm³/mol. The summed E-state index contributed by atoms with van der Waals surface area (Å²) in [6.45, 7) is 6.97. The molecule has 0 aliphatic carbocycles. The molecule has 0 atom stereocenters. The fraction of sp³-hybridized carbons (Fsp3) is 0.571. The number of carbonyl (C=O) groups excluding carboxylic acids is 1. The van der Waals surface area contributed by atoms with Gasteiger partial charge < -0.3 is 19.6 Å². The predicted octanol–water partition coefficient (Wildman–Crippen LogP) is 1.16. The van der Waals surface area contributed by atoms with Gasteiger partial charge in [0.1, 0.15) is 5.82 Å². The van der Waals surface area contributed by atoms with Gasteiger partial charge >= 0.3 is 6.09 Å². The van der Waals surface area contributed by atoms with Crippen LogP contribution in [0, 0.1) is 6.92 Å². The molecule has 1 amide bonds. The Hall–Kier alpha value is -1.82. The number of rotatable bonds is 3.